The van der Waals surface area contributed by atoms with Gasteiger partial charge in [-0.15, -0.1) is 0 Å². The van der Waals surface area contributed by atoms with Gasteiger partial charge in [0.1, 0.15) is 5.60 Å². The van der Waals surface area contributed by atoms with Gasteiger partial charge in [0.2, 0.25) is 0 Å². The van der Waals surface area contributed by atoms with Crippen LogP contribution in [0.2, 0.25) is 0 Å². The van der Waals surface area contributed by atoms with E-state index in [0.29, 0.717) is 19.6 Å². The van der Waals surface area contributed by atoms with Gasteiger partial charge in [-0.2, -0.15) is 0 Å². The number of hydrogen-bond donors (Lipinski definition) is 1. The molecule has 1 aliphatic rings. The van der Waals surface area contributed by atoms with Crippen LogP contribution < -0.4 is 0 Å². The van der Waals surface area contributed by atoms with E-state index in [1.165, 1.54) is 0 Å². The van der Waals surface area contributed by atoms with Crippen molar-refractivity contribution in [2.45, 2.75) is 45.3 Å². The normalized spacial score (nSPS) is 19.8. The van der Waals surface area contributed by atoms with Crippen LogP contribution in [-0.4, -0.2) is 65.3 Å². The molecule has 1 saturated heterocycles. The molecule has 1 N–H and O–H groups in total. The molecule has 0 spiro atoms. The van der Waals surface area contributed by atoms with Crippen molar-refractivity contribution < 1.29 is 19.4 Å². The Labute approximate surface area is 114 Å². The fourth-order valence-corrected chi connectivity index (χ4v) is 2.05. The van der Waals surface area contributed by atoms with E-state index in [1.807, 2.05) is 32.7 Å². The predicted octanol–water partition coefficient (Wildman–Crippen LogP) is 1.40. The van der Waals surface area contributed by atoms with Crippen LogP contribution >= 0.6 is 0 Å². The molecule has 1 rings (SSSR count). The Kier molecular flexibility index (Phi) is 5.17. The Morgan fingerprint density at radius 3 is 2.58 bits per heavy atom. The lowest BCUT2D eigenvalue weighted by molar-refractivity contribution is -0.137. The summed E-state index contributed by atoms with van der Waals surface area (Å²) >= 11 is 0. The van der Waals surface area contributed by atoms with Gasteiger partial charge in [-0.05, 0) is 34.2 Å². The number of ether oxygens (including phenoxy) is 1. The predicted molar refractivity (Wildman–Crippen MR) is 71.1 cm³/mol. The maximum atomic E-state index is 11.9. The molecular formula is C13H24N2O4. The molecule has 1 aliphatic heterocycles. The van der Waals surface area contributed by atoms with Crippen LogP contribution in [0.1, 0.15) is 33.6 Å². The third kappa shape index (κ3) is 5.46. The highest BCUT2D eigenvalue weighted by Crippen LogP contribution is 2.18. The largest absolute Gasteiger partial charge is 0.481 e. The number of rotatable bonds is 4. The number of nitrogens with zero attached hydrogens (tertiary/aromatic N) is 2. The van der Waals surface area contributed by atoms with Crippen LogP contribution in [0.4, 0.5) is 4.79 Å². The van der Waals surface area contributed by atoms with Crippen LogP contribution in [-0.2, 0) is 9.53 Å². The van der Waals surface area contributed by atoms with Gasteiger partial charge in [0.15, 0.2) is 0 Å². The van der Waals surface area contributed by atoms with E-state index in [1.54, 1.807) is 4.90 Å². The number of amides is 1. The van der Waals surface area contributed by atoms with E-state index >= 15 is 0 Å². The van der Waals surface area contributed by atoms with Crippen molar-refractivity contribution >= 4 is 12.1 Å². The average molecular weight is 272 g/mol. The van der Waals surface area contributed by atoms with Crippen LogP contribution in [0.15, 0.2) is 0 Å². The van der Waals surface area contributed by atoms with Crippen LogP contribution in [0.5, 0.6) is 0 Å². The molecule has 110 valence electrons. The molecule has 1 amide bonds. The molecule has 0 radical (unpaired) electrons. The summed E-state index contributed by atoms with van der Waals surface area (Å²) < 4.78 is 5.32. The number of hydrogen-bond acceptors (Lipinski definition) is 4. The molecule has 0 aromatic carbocycles. The Balaban J connectivity index is 2.40. The number of likely N-dealkylation sites (tertiary alicyclic amines) is 1. The summed E-state index contributed by atoms with van der Waals surface area (Å²) in [5.74, 6) is -0.797. The zero-order valence-corrected chi connectivity index (χ0v) is 12.2. The number of carbonyl (C=O) groups excluding carboxylic acids is 1. The number of likely N-dealkylation sites (N-methyl/N-ethyl adjacent to an activating group) is 1. The molecule has 6 nitrogen and oxygen atoms in total. The van der Waals surface area contributed by atoms with Crippen molar-refractivity contribution in [2.75, 3.05) is 26.7 Å². The maximum Gasteiger partial charge on any atom is 0.410 e. The summed E-state index contributed by atoms with van der Waals surface area (Å²) in [6, 6.07) is 0.215. The summed E-state index contributed by atoms with van der Waals surface area (Å²) in [6.07, 6.45) is 0.691. The first-order chi connectivity index (χ1) is 8.69. The second kappa shape index (κ2) is 6.23. The Morgan fingerprint density at radius 1 is 1.42 bits per heavy atom. The highest BCUT2D eigenvalue weighted by atomic mass is 16.6. The van der Waals surface area contributed by atoms with Gasteiger partial charge < -0.3 is 19.6 Å². The smallest absolute Gasteiger partial charge is 0.410 e. The minimum Gasteiger partial charge on any atom is -0.481 e. The summed E-state index contributed by atoms with van der Waals surface area (Å²) in [5, 5.41) is 8.66. The molecule has 0 aromatic heterocycles. The highest BCUT2D eigenvalue weighted by molar-refractivity contribution is 5.68. The molecule has 6 heteroatoms. The van der Waals surface area contributed by atoms with Crippen LogP contribution in [0.25, 0.3) is 0 Å². The topological polar surface area (TPSA) is 70.1 Å². The van der Waals surface area contributed by atoms with Gasteiger partial charge in [0.25, 0.3) is 0 Å². The third-order valence-electron chi connectivity index (χ3n) is 3.12. The molecule has 1 heterocycles. The second-order valence-corrected chi connectivity index (χ2v) is 5.99. The number of aliphatic carboxylic acids is 1. The lowest BCUT2D eigenvalue weighted by Crippen LogP contribution is -2.39. The first kappa shape index (κ1) is 15.8. The van der Waals surface area contributed by atoms with Gasteiger partial charge in [-0.1, -0.05) is 0 Å². The zero-order valence-electron chi connectivity index (χ0n) is 12.2. The van der Waals surface area contributed by atoms with Crippen LogP contribution in [0.3, 0.4) is 0 Å². The molecule has 1 unspecified atom stereocenters. The highest BCUT2D eigenvalue weighted by Gasteiger charge is 2.31. The first-order valence-electron chi connectivity index (χ1n) is 6.59. The van der Waals surface area contributed by atoms with Gasteiger partial charge in [-0.25, -0.2) is 4.79 Å². The van der Waals surface area contributed by atoms with E-state index in [4.69, 9.17) is 9.84 Å². The van der Waals surface area contributed by atoms with E-state index in [2.05, 4.69) is 0 Å². The van der Waals surface area contributed by atoms with E-state index < -0.39 is 11.6 Å². The Morgan fingerprint density at radius 2 is 2.05 bits per heavy atom. The molecule has 0 aromatic rings. The van der Waals surface area contributed by atoms with E-state index in [-0.39, 0.29) is 18.6 Å². The van der Waals surface area contributed by atoms with Gasteiger partial charge in [0, 0.05) is 25.7 Å². The fraction of sp³-hybridized carbons (Fsp3) is 0.846. The number of carbonyl (C=O) groups is 2. The number of carboxylic acid groups (broad SMARTS) is 1. The Hall–Kier alpha value is -1.30. The summed E-state index contributed by atoms with van der Waals surface area (Å²) in [6.45, 7) is 7.30. The molecule has 1 fully saturated rings. The molecule has 0 aliphatic carbocycles. The zero-order chi connectivity index (χ0) is 14.6. The Bertz CT molecular complexity index is 338. The average Bonchev–Trinajstić information content (AvgIpc) is 2.72. The van der Waals surface area contributed by atoms with Crippen LogP contribution in [0, 0.1) is 0 Å². The van der Waals surface area contributed by atoms with E-state index in [9.17, 15) is 9.59 Å². The minimum absolute atomic E-state index is 0.124. The summed E-state index contributed by atoms with van der Waals surface area (Å²) in [4.78, 5) is 26.1. The number of carboxylic acids is 1. The monoisotopic (exact) mass is 272 g/mol. The summed E-state index contributed by atoms with van der Waals surface area (Å²) in [7, 11) is 1.90. The lowest BCUT2D eigenvalue weighted by atomic mass is 10.2. The maximum absolute atomic E-state index is 11.9. The SMILES string of the molecule is CN(CCC(=O)O)C1CCN(C(=O)OC(C)(C)C)C1. The molecular weight excluding hydrogens is 248 g/mol. The first-order valence-corrected chi connectivity index (χ1v) is 6.59. The van der Waals surface area contributed by atoms with Crippen molar-refractivity contribution in [3.8, 4) is 0 Å². The van der Waals surface area contributed by atoms with Crippen molar-refractivity contribution in [3.63, 3.8) is 0 Å². The minimum atomic E-state index is -0.797. The van der Waals surface area contributed by atoms with Crippen molar-refractivity contribution in [2.24, 2.45) is 0 Å². The quantitative estimate of drug-likeness (QED) is 0.837. The van der Waals surface area contributed by atoms with Crippen molar-refractivity contribution in [1.29, 1.82) is 0 Å². The fourth-order valence-electron chi connectivity index (χ4n) is 2.05. The third-order valence-corrected chi connectivity index (χ3v) is 3.12. The van der Waals surface area contributed by atoms with Gasteiger partial charge >= 0.3 is 12.1 Å². The van der Waals surface area contributed by atoms with Crippen molar-refractivity contribution in [1.82, 2.24) is 9.80 Å². The standard InChI is InChI=1S/C13H24N2O4/c1-13(2,3)19-12(18)15-8-5-10(9-15)14(4)7-6-11(16)17/h10H,5-9H2,1-4H3,(H,16,17). The van der Waals surface area contributed by atoms with Crippen molar-refractivity contribution in [3.05, 3.63) is 0 Å². The molecule has 0 saturated carbocycles. The lowest BCUT2D eigenvalue weighted by Gasteiger charge is -2.26. The molecule has 1 atom stereocenters. The summed E-state index contributed by atoms with van der Waals surface area (Å²) in [5.41, 5.74) is -0.482. The van der Waals surface area contributed by atoms with E-state index in [0.717, 1.165) is 6.42 Å². The molecule has 19 heavy (non-hydrogen) atoms. The van der Waals surface area contributed by atoms with Gasteiger partial charge in [0.05, 0.1) is 6.42 Å². The second-order valence-electron chi connectivity index (χ2n) is 5.99. The van der Waals surface area contributed by atoms with Gasteiger partial charge in [-0.3, -0.25) is 4.79 Å². The molecule has 0 bridgehead atoms.